The minimum Gasteiger partial charge on any atom is -0.311 e. The Bertz CT molecular complexity index is 1000. The number of carbonyl (C=O) groups excluding carboxylic acids is 1. The number of benzene rings is 2. The minimum absolute atomic E-state index is 0.0680. The van der Waals surface area contributed by atoms with Crippen molar-refractivity contribution in [1.82, 2.24) is 4.98 Å². The van der Waals surface area contributed by atoms with Crippen LogP contribution in [0.5, 0.6) is 0 Å². The van der Waals surface area contributed by atoms with Gasteiger partial charge in [0.25, 0.3) is 0 Å². The van der Waals surface area contributed by atoms with E-state index in [-0.39, 0.29) is 12.3 Å². The standard InChI is InChI=1S/C19H13ClF2N2OS/c20-15-4-2-1-3-13(15)19-23-12(10-26-19)9-18(25)24-6-5-14-16(22)7-11(21)8-17(14)24/h1-4,7-8,10H,5-6,9H2. The van der Waals surface area contributed by atoms with Crippen molar-refractivity contribution in [2.75, 3.05) is 11.4 Å². The molecule has 2 aromatic carbocycles. The second-order valence-corrected chi connectivity index (χ2v) is 7.25. The molecule has 0 bridgehead atoms. The van der Waals surface area contributed by atoms with Crippen LogP contribution in [0.25, 0.3) is 10.6 Å². The zero-order chi connectivity index (χ0) is 18.3. The van der Waals surface area contributed by atoms with E-state index in [9.17, 15) is 13.6 Å². The fourth-order valence-corrected chi connectivity index (χ4v) is 4.22. The predicted octanol–water partition coefficient (Wildman–Crippen LogP) is 4.87. The quantitative estimate of drug-likeness (QED) is 0.639. The number of anilines is 1. The summed E-state index contributed by atoms with van der Waals surface area (Å²) in [5, 5.41) is 3.14. The van der Waals surface area contributed by atoms with Crippen molar-refractivity contribution in [3.05, 3.63) is 69.7 Å². The van der Waals surface area contributed by atoms with Crippen LogP contribution in [-0.2, 0) is 17.6 Å². The summed E-state index contributed by atoms with van der Waals surface area (Å²) >= 11 is 7.59. The van der Waals surface area contributed by atoms with Crippen molar-refractivity contribution in [3.8, 4) is 10.6 Å². The van der Waals surface area contributed by atoms with Gasteiger partial charge in [-0.15, -0.1) is 11.3 Å². The Kier molecular flexibility index (Phi) is 4.46. The molecule has 132 valence electrons. The molecular weight excluding hydrogens is 378 g/mol. The van der Waals surface area contributed by atoms with E-state index in [0.717, 1.165) is 16.6 Å². The Morgan fingerprint density at radius 2 is 2.08 bits per heavy atom. The molecule has 1 aliphatic heterocycles. The zero-order valence-corrected chi connectivity index (χ0v) is 15.1. The molecule has 0 unspecified atom stereocenters. The summed E-state index contributed by atoms with van der Waals surface area (Å²) in [4.78, 5) is 18.5. The van der Waals surface area contributed by atoms with E-state index in [1.165, 1.54) is 22.3 Å². The Morgan fingerprint density at radius 3 is 2.88 bits per heavy atom. The van der Waals surface area contributed by atoms with Crippen molar-refractivity contribution >= 4 is 34.5 Å². The number of fused-ring (bicyclic) bond motifs is 1. The lowest BCUT2D eigenvalue weighted by Crippen LogP contribution is -2.30. The van der Waals surface area contributed by atoms with Crippen LogP contribution in [0.15, 0.2) is 41.8 Å². The third-order valence-electron chi connectivity index (χ3n) is 4.30. The summed E-state index contributed by atoms with van der Waals surface area (Å²) in [5.41, 5.74) is 2.12. The second kappa shape index (κ2) is 6.78. The molecule has 0 fully saturated rings. The van der Waals surface area contributed by atoms with Gasteiger partial charge in [0.15, 0.2) is 0 Å². The van der Waals surface area contributed by atoms with Gasteiger partial charge in [0.05, 0.1) is 22.8 Å². The maximum atomic E-state index is 13.8. The van der Waals surface area contributed by atoms with Crippen LogP contribution in [0, 0.1) is 11.6 Å². The van der Waals surface area contributed by atoms with Crippen LogP contribution in [0.1, 0.15) is 11.3 Å². The van der Waals surface area contributed by atoms with Gasteiger partial charge in [0.2, 0.25) is 5.91 Å². The van der Waals surface area contributed by atoms with E-state index in [2.05, 4.69) is 4.98 Å². The van der Waals surface area contributed by atoms with Crippen molar-refractivity contribution in [2.45, 2.75) is 12.8 Å². The molecule has 0 aliphatic carbocycles. The van der Waals surface area contributed by atoms with Gasteiger partial charge >= 0.3 is 0 Å². The first-order valence-corrected chi connectivity index (χ1v) is 9.26. The van der Waals surface area contributed by atoms with Gasteiger partial charge in [-0.2, -0.15) is 0 Å². The molecule has 4 rings (SSSR count). The highest BCUT2D eigenvalue weighted by Gasteiger charge is 2.28. The van der Waals surface area contributed by atoms with Crippen LogP contribution in [0.3, 0.4) is 0 Å². The first kappa shape index (κ1) is 17.1. The van der Waals surface area contributed by atoms with Gasteiger partial charge in [-0.3, -0.25) is 4.79 Å². The first-order chi connectivity index (χ1) is 12.5. The number of nitrogens with zero attached hydrogens (tertiary/aromatic N) is 2. The third-order valence-corrected chi connectivity index (χ3v) is 5.56. The molecule has 3 nitrogen and oxygen atoms in total. The van der Waals surface area contributed by atoms with Crippen LogP contribution in [-0.4, -0.2) is 17.4 Å². The summed E-state index contributed by atoms with van der Waals surface area (Å²) in [6.07, 6.45) is 0.452. The van der Waals surface area contributed by atoms with Gasteiger partial charge in [-0.05, 0) is 18.6 Å². The number of aromatic nitrogens is 1. The molecular formula is C19H13ClF2N2OS. The van der Waals surface area contributed by atoms with E-state index in [0.29, 0.717) is 34.9 Å². The van der Waals surface area contributed by atoms with Gasteiger partial charge < -0.3 is 4.90 Å². The van der Waals surface area contributed by atoms with Crippen molar-refractivity contribution in [3.63, 3.8) is 0 Å². The number of thiazole rings is 1. The molecule has 0 radical (unpaired) electrons. The Hall–Kier alpha value is -2.31. The lowest BCUT2D eigenvalue weighted by molar-refractivity contribution is -0.117. The second-order valence-electron chi connectivity index (χ2n) is 5.98. The summed E-state index contributed by atoms with van der Waals surface area (Å²) < 4.78 is 27.4. The highest BCUT2D eigenvalue weighted by molar-refractivity contribution is 7.13. The predicted molar refractivity (Wildman–Crippen MR) is 98.7 cm³/mol. The fourth-order valence-electron chi connectivity index (χ4n) is 3.08. The maximum Gasteiger partial charge on any atom is 0.233 e. The SMILES string of the molecule is O=C(Cc1csc(-c2ccccc2Cl)n1)N1CCc2c(F)cc(F)cc21. The summed E-state index contributed by atoms with van der Waals surface area (Å²) in [6, 6.07) is 9.43. The molecule has 7 heteroatoms. The molecule has 3 aromatic rings. The van der Waals surface area contributed by atoms with E-state index in [4.69, 9.17) is 11.6 Å². The molecule has 0 atom stereocenters. The van der Waals surface area contributed by atoms with Gasteiger partial charge in [-0.1, -0.05) is 29.8 Å². The molecule has 0 saturated carbocycles. The average molecular weight is 391 g/mol. The summed E-state index contributed by atoms with van der Waals surface area (Å²) in [7, 11) is 0. The van der Waals surface area contributed by atoms with E-state index >= 15 is 0 Å². The van der Waals surface area contributed by atoms with E-state index in [1.54, 1.807) is 11.4 Å². The highest BCUT2D eigenvalue weighted by atomic mass is 35.5. The summed E-state index contributed by atoms with van der Waals surface area (Å²) in [6.45, 7) is 0.343. The number of hydrogen-bond donors (Lipinski definition) is 0. The van der Waals surface area contributed by atoms with E-state index < -0.39 is 11.6 Å². The van der Waals surface area contributed by atoms with Gasteiger partial charge in [0, 0.05) is 29.1 Å². The number of halogens is 3. The minimum atomic E-state index is -0.685. The first-order valence-electron chi connectivity index (χ1n) is 8.00. The van der Waals surface area contributed by atoms with Crippen LogP contribution < -0.4 is 4.90 Å². The Balaban J connectivity index is 1.55. The van der Waals surface area contributed by atoms with Crippen LogP contribution >= 0.6 is 22.9 Å². The maximum absolute atomic E-state index is 13.8. The smallest absolute Gasteiger partial charge is 0.233 e. The third kappa shape index (κ3) is 3.10. The van der Waals surface area contributed by atoms with Crippen molar-refractivity contribution in [1.29, 1.82) is 0 Å². The summed E-state index contributed by atoms with van der Waals surface area (Å²) in [5.74, 6) is -1.52. The number of rotatable bonds is 3. The normalized spacial score (nSPS) is 13.1. The van der Waals surface area contributed by atoms with E-state index in [1.807, 2.05) is 18.2 Å². The lowest BCUT2D eigenvalue weighted by atomic mass is 10.1. The number of hydrogen-bond acceptors (Lipinski definition) is 3. The van der Waals surface area contributed by atoms with Crippen LogP contribution in [0.2, 0.25) is 5.02 Å². The topological polar surface area (TPSA) is 33.2 Å². The van der Waals surface area contributed by atoms with Crippen LogP contribution in [0.4, 0.5) is 14.5 Å². The monoisotopic (exact) mass is 390 g/mol. The number of carbonyl (C=O) groups is 1. The molecule has 0 N–H and O–H groups in total. The number of amides is 1. The van der Waals surface area contributed by atoms with Crippen molar-refractivity contribution < 1.29 is 13.6 Å². The van der Waals surface area contributed by atoms with Crippen molar-refractivity contribution in [2.24, 2.45) is 0 Å². The molecule has 1 aliphatic rings. The Morgan fingerprint density at radius 1 is 1.27 bits per heavy atom. The average Bonchev–Trinajstić information content (AvgIpc) is 3.22. The molecule has 0 spiro atoms. The van der Waals surface area contributed by atoms with Gasteiger partial charge in [-0.25, -0.2) is 13.8 Å². The van der Waals surface area contributed by atoms with Gasteiger partial charge in [0.1, 0.15) is 16.6 Å². The molecule has 0 saturated heterocycles. The zero-order valence-electron chi connectivity index (χ0n) is 13.5. The molecule has 2 heterocycles. The molecule has 1 amide bonds. The highest BCUT2D eigenvalue weighted by Crippen LogP contribution is 2.33. The lowest BCUT2D eigenvalue weighted by Gasteiger charge is -2.16. The Labute approximate surface area is 157 Å². The molecule has 26 heavy (non-hydrogen) atoms. The molecule has 1 aromatic heterocycles. The largest absolute Gasteiger partial charge is 0.311 e. The fraction of sp³-hybridized carbons (Fsp3) is 0.158.